The van der Waals surface area contributed by atoms with Gasteiger partial charge in [-0.05, 0) is 59.0 Å². The summed E-state index contributed by atoms with van der Waals surface area (Å²) in [5, 5.41) is 2.65. The molecule has 0 atom stereocenters. The van der Waals surface area contributed by atoms with Crippen molar-refractivity contribution >= 4 is 45.3 Å². The molecule has 4 rings (SSSR count). The predicted octanol–water partition coefficient (Wildman–Crippen LogP) is 5.30. The number of halogens is 4. The Kier molecular flexibility index (Phi) is 5.56. The van der Waals surface area contributed by atoms with Gasteiger partial charge in [-0.25, -0.2) is 9.97 Å². The summed E-state index contributed by atoms with van der Waals surface area (Å²) in [5.74, 6) is -0.819. The number of rotatable bonds is 4. The van der Waals surface area contributed by atoms with Gasteiger partial charge in [0.05, 0.1) is 35.6 Å². The Hall–Kier alpha value is -3.15. The number of anilines is 1. The molecule has 2 aromatic heterocycles. The van der Waals surface area contributed by atoms with Crippen molar-refractivity contribution in [3.8, 4) is 11.4 Å². The van der Waals surface area contributed by atoms with E-state index in [2.05, 4.69) is 15.3 Å². The zero-order valence-electron chi connectivity index (χ0n) is 15.9. The molecule has 0 aliphatic carbocycles. The molecule has 6 nitrogen and oxygen atoms in total. The van der Waals surface area contributed by atoms with Crippen LogP contribution in [-0.4, -0.2) is 27.6 Å². The highest BCUT2D eigenvalue weighted by atomic mass is 127. The van der Waals surface area contributed by atoms with E-state index in [0.29, 0.717) is 11.3 Å². The Morgan fingerprint density at radius 1 is 1.13 bits per heavy atom. The number of methoxy groups -OCH3 is 1. The molecule has 0 bridgehead atoms. The lowest BCUT2D eigenvalue weighted by Gasteiger charge is -2.12. The first-order chi connectivity index (χ1) is 14.8. The molecule has 0 saturated carbocycles. The van der Waals surface area contributed by atoms with Gasteiger partial charge in [-0.15, -0.1) is 0 Å². The number of alkyl halides is 3. The van der Waals surface area contributed by atoms with Crippen LogP contribution in [0.25, 0.3) is 16.7 Å². The summed E-state index contributed by atoms with van der Waals surface area (Å²) in [7, 11) is 1.43. The van der Waals surface area contributed by atoms with Crippen LogP contribution < -0.4 is 10.1 Å². The molecule has 31 heavy (non-hydrogen) atoms. The van der Waals surface area contributed by atoms with E-state index in [9.17, 15) is 18.0 Å². The number of benzene rings is 2. The maximum absolute atomic E-state index is 13.6. The standard InChI is InChI=1S/C21H14F3IN4O2/c1-31-13-7-8-17-16(10-13)27-20(21(22,23)24)29(17)12-6-9-18(26-11-12)28-19(30)14-4-2-3-5-15(14)25/h2-11H,1H3,(H,26,28,30). The number of amides is 1. The maximum Gasteiger partial charge on any atom is 0.450 e. The van der Waals surface area contributed by atoms with Gasteiger partial charge in [0.2, 0.25) is 5.82 Å². The van der Waals surface area contributed by atoms with Crippen molar-refractivity contribution in [3.05, 3.63) is 75.8 Å². The second-order valence-electron chi connectivity index (χ2n) is 6.46. The first kappa shape index (κ1) is 21.1. The van der Waals surface area contributed by atoms with Crippen molar-refractivity contribution in [1.29, 1.82) is 0 Å². The van der Waals surface area contributed by atoms with Crippen LogP contribution in [0.3, 0.4) is 0 Å². The molecule has 0 radical (unpaired) electrons. The SMILES string of the molecule is COc1ccc2c(c1)nc(C(F)(F)F)n2-c1ccc(NC(=O)c2ccccc2I)nc1. The summed E-state index contributed by atoms with van der Waals surface area (Å²) < 4.78 is 47.7. The van der Waals surface area contributed by atoms with Gasteiger partial charge < -0.3 is 10.1 Å². The van der Waals surface area contributed by atoms with Gasteiger partial charge in [-0.1, -0.05) is 12.1 Å². The molecular weight excluding hydrogens is 524 g/mol. The Morgan fingerprint density at radius 2 is 1.90 bits per heavy atom. The molecule has 0 saturated heterocycles. The maximum atomic E-state index is 13.6. The Bertz CT molecular complexity index is 1270. The van der Waals surface area contributed by atoms with Crippen LogP contribution in [0, 0.1) is 3.57 Å². The van der Waals surface area contributed by atoms with E-state index >= 15 is 0 Å². The highest BCUT2D eigenvalue weighted by molar-refractivity contribution is 14.1. The minimum atomic E-state index is -4.68. The van der Waals surface area contributed by atoms with Crippen LogP contribution in [-0.2, 0) is 6.18 Å². The van der Waals surface area contributed by atoms with E-state index in [0.717, 1.165) is 8.14 Å². The first-order valence-corrected chi connectivity index (χ1v) is 10.0. The van der Waals surface area contributed by atoms with Crippen LogP contribution in [0.15, 0.2) is 60.8 Å². The number of carbonyl (C=O) groups excluding carboxylic acids is 1. The third-order valence-electron chi connectivity index (χ3n) is 4.48. The Morgan fingerprint density at radius 3 is 2.55 bits per heavy atom. The molecule has 1 amide bonds. The quantitative estimate of drug-likeness (QED) is 0.358. The minimum absolute atomic E-state index is 0.141. The number of hydrogen-bond donors (Lipinski definition) is 1. The molecule has 158 valence electrons. The molecular formula is C21H14F3IN4O2. The molecule has 0 unspecified atom stereocenters. The summed E-state index contributed by atoms with van der Waals surface area (Å²) in [6, 6.07) is 14.4. The van der Waals surface area contributed by atoms with Crippen molar-refractivity contribution in [2.75, 3.05) is 12.4 Å². The number of ether oxygens (including phenoxy) is 1. The van der Waals surface area contributed by atoms with Gasteiger partial charge in [0.25, 0.3) is 5.91 Å². The van der Waals surface area contributed by atoms with Gasteiger partial charge >= 0.3 is 6.18 Å². The fourth-order valence-electron chi connectivity index (χ4n) is 3.06. The van der Waals surface area contributed by atoms with Crippen molar-refractivity contribution in [2.45, 2.75) is 6.18 Å². The number of nitrogens with zero attached hydrogens (tertiary/aromatic N) is 3. The zero-order valence-corrected chi connectivity index (χ0v) is 18.1. The first-order valence-electron chi connectivity index (χ1n) is 8.94. The smallest absolute Gasteiger partial charge is 0.450 e. The van der Waals surface area contributed by atoms with Crippen molar-refractivity contribution in [3.63, 3.8) is 0 Å². The van der Waals surface area contributed by atoms with Gasteiger partial charge in [0.1, 0.15) is 11.6 Å². The summed E-state index contributed by atoms with van der Waals surface area (Å²) >= 11 is 2.05. The fourth-order valence-corrected chi connectivity index (χ4v) is 3.69. The fraction of sp³-hybridized carbons (Fsp3) is 0.0952. The van der Waals surface area contributed by atoms with Crippen molar-refractivity contribution in [2.24, 2.45) is 0 Å². The highest BCUT2D eigenvalue weighted by Gasteiger charge is 2.38. The monoisotopic (exact) mass is 538 g/mol. The number of aromatic nitrogens is 3. The average molecular weight is 538 g/mol. The summed E-state index contributed by atoms with van der Waals surface area (Å²) in [4.78, 5) is 20.3. The number of carbonyl (C=O) groups is 1. The van der Waals surface area contributed by atoms with E-state index in [1.807, 2.05) is 28.7 Å². The summed E-state index contributed by atoms with van der Waals surface area (Å²) in [6.07, 6.45) is -3.42. The van der Waals surface area contributed by atoms with Crippen LogP contribution >= 0.6 is 22.6 Å². The lowest BCUT2D eigenvalue weighted by Crippen LogP contribution is -2.15. The largest absolute Gasteiger partial charge is 0.497 e. The lowest BCUT2D eigenvalue weighted by atomic mass is 10.2. The van der Waals surface area contributed by atoms with Gasteiger partial charge in [-0.2, -0.15) is 13.2 Å². The van der Waals surface area contributed by atoms with E-state index in [-0.39, 0.29) is 28.4 Å². The topological polar surface area (TPSA) is 69.0 Å². The van der Waals surface area contributed by atoms with Crippen molar-refractivity contribution < 1.29 is 22.7 Å². The predicted molar refractivity (Wildman–Crippen MR) is 118 cm³/mol. The Labute approximate surface area is 188 Å². The highest BCUT2D eigenvalue weighted by Crippen LogP contribution is 2.34. The second kappa shape index (κ2) is 8.17. The molecule has 0 fully saturated rings. The molecule has 0 spiro atoms. The molecule has 0 aliphatic rings. The third kappa shape index (κ3) is 4.20. The third-order valence-corrected chi connectivity index (χ3v) is 5.42. The van der Waals surface area contributed by atoms with Gasteiger partial charge in [0.15, 0.2) is 0 Å². The molecule has 1 N–H and O–H groups in total. The molecule has 4 aromatic rings. The normalized spacial score (nSPS) is 11.5. The van der Waals surface area contributed by atoms with Crippen LogP contribution in [0.2, 0.25) is 0 Å². The molecule has 2 aromatic carbocycles. The van der Waals surface area contributed by atoms with E-state index in [1.54, 1.807) is 24.3 Å². The summed E-state index contributed by atoms with van der Waals surface area (Å²) in [5.41, 5.74) is 1.03. The van der Waals surface area contributed by atoms with Gasteiger partial charge in [0, 0.05) is 9.64 Å². The van der Waals surface area contributed by atoms with Crippen LogP contribution in [0.1, 0.15) is 16.2 Å². The number of fused-ring (bicyclic) bond motifs is 1. The van der Waals surface area contributed by atoms with E-state index < -0.39 is 12.0 Å². The van der Waals surface area contributed by atoms with E-state index in [1.165, 1.54) is 37.6 Å². The lowest BCUT2D eigenvalue weighted by molar-refractivity contribution is -0.145. The number of hydrogen-bond acceptors (Lipinski definition) is 4. The van der Waals surface area contributed by atoms with Gasteiger partial charge in [-0.3, -0.25) is 9.36 Å². The molecule has 2 heterocycles. The minimum Gasteiger partial charge on any atom is -0.497 e. The zero-order chi connectivity index (χ0) is 22.2. The summed E-state index contributed by atoms with van der Waals surface area (Å²) in [6.45, 7) is 0. The van der Waals surface area contributed by atoms with Crippen molar-refractivity contribution in [1.82, 2.24) is 14.5 Å². The van der Waals surface area contributed by atoms with E-state index in [4.69, 9.17) is 4.74 Å². The van der Waals surface area contributed by atoms with Crippen LogP contribution in [0.4, 0.5) is 19.0 Å². The second-order valence-corrected chi connectivity index (χ2v) is 7.62. The molecule has 0 aliphatic heterocycles. The van der Waals surface area contributed by atoms with Crippen LogP contribution in [0.5, 0.6) is 5.75 Å². The average Bonchev–Trinajstić information content (AvgIpc) is 3.14. The number of nitrogens with one attached hydrogen (secondary N) is 1. The molecule has 10 heteroatoms. The number of pyridine rings is 1. The number of imidazole rings is 1. The Balaban J connectivity index is 1.70.